The van der Waals surface area contributed by atoms with Gasteiger partial charge in [-0.25, -0.2) is 15.0 Å². The van der Waals surface area contributed by atoms with E-state index in [2.05, 4.69) is 174 Å². The first-order valence-corrected chi connectivity index (χ1v) is 19.1. The molecule has 8 aromatic carbocycles. The molecule has 1 aliphatic carbocycles. The zero-order valence-corrected chi connectivity index (χ0v) is 30.5. The zero-order chi connectivity index (χ0) is 37.0. The first-order chi connectivity index (χ1) is 27.7. The Hall–Kier alpha value is -7.43. The molecule has 2 aromatic heterocycles. The fourth-order valence-electron chi connectivity index (χ4n) is 8.36. The van der Waals surface area contributed by atoms with Gasteiger partial charge in [-0.2, -0.15) is 0 Å². The van der Waals surface area contributed by atoms with Gasteiger partial charge in [0.25, 0.3) is 0 Å². The van der Waals surface area contributed by atoms with E-state index >= 15 is 0 Å². The molecule has 10 aromatic rings. The van der Waals surface area contributed by atoms with Crippen molar-refractivity contribution in [2.24, 2.45) is 0 Å². The number of para-hydroxylation sites is 1. The summed E-state index contributed by atoms with van der Waals surface area (Å²) in [5.41, 5.74) is 16.3. The summed E-state index contributed by atoms with van der Waals surface area (Å²) in [7, 11) is 0. The van der Waals surface area contributed by atoms with E-state index in [1.807, 2.05) is 24.3 Å². The number of hydrogen-bond acceptors (Lipinski definition) is 3. The van der Waals surface area contributed by atoms with E-state index in [1.54, 1.807) is 0 Å². The Kier molecular flexibility index (Phi) is 7.52. The molecule has 11 rings (SSSR count). The van der Waals surface area contributed by atoms with Gasteiger partial charge in [-0.05, 0) is 93.4 Å². The van der Waals surface area contributed by atoms with Crippen molar-refractivity contribution in [1.29, 1.82) is 0 Å². The quantitative estimate of drug-likeness (QED) is 0.172. The lowest BCUT2D eigenvalue weighted by atomic mass is 10.0. The van der Waals surface area contributed by atoms with Crippen LogP contribution in [0.2, 0.25) is 0 Å². The van der Waals surface area contributed by atoms with Crippen LogP contribution in [0.4, 0.5) is 0 Å². The molecule has 0 fully saturated rings. The van der Waals surface area contributed by atoms with Gasteiger partial charge in [0.05, 0.1) is 11.0 Å². The summed E-state index contributed by atoms with van der Waals surface area (Å²) in [6.45, 7) is 0. The van der Waals surface area contributed by atoms with Crippen molar-refractivity contribution in [3.8, 4) is 73.2 Å². The molecule has 0 amide bonds. The average Bonchev–Trinajstić information content (AvgIpc) is 3.81. The monoisotopic (exact) mass is 714 g/mol. The van der Waals surface area contributed by atoms with Gasteiger partial charge < -0.3 is 4.57 Å². The average molecular weight is 715 g/mol. The van der Waals surface area contributed by atoms with Crippen LogP contribution in [-0.2, 0) is 6.42 Å². The molecule has 0 bridgehead atoms. The first kappa shape index (κ1) is 32.0. The highest BCUT2D eigenvalue weighted by Gasteiger charge is 2.22. The Morgan fingerprint density at radius 1 is 0.321 bits per heavy atom. The van der Waals surface area contributed by atoms with Crippen LogP contribution in [0.15, 0.2) is 194 Å². The third-order valence-corrected chi connectivity index (χ3v) is 11.1. The fourth-order valence-corrected chi connectivity index (χ4v) is 8.36. The van der Waals surface area contributed by atoms with Crippen LogP contribution in [0.5, 0.6) is 0 Å². The van der Waals surface area contributed by atoms with E-state index in [0.717, 1.165) is 34.2 Å². The van der Waals surface area contributed by atoms with Gasteiger partial charge in [0.2, 0.25) is 0 Å². The summed E-state index contributed by atoms with van der Waals surface area (Å²) in [5, 5.41) is 2.51. The molecule has 0 unspecified atom stereocenters. The van der Waals surface area contributed by atoms with Crippen molar-refractivity contribution in [3.05, 3.63) is 205 Å². The number of hydrogen-bond donors (Lipinski definition) is 0. The van der Waals surface area contributed by atoms with E-state index in [0.29, 0.717) is 17.5 Å². The SMILES string of the molecule is c1ccc(-c2cccc(-c3nc(-c4ccccc4)nc(-c4ccc5c(c4)Cc4cc(-n6c7ccccc7c7cc(-c8ccccc8)ccc76)ccc4-5)n3)c2)cc1. The Labute approximate surface area is 325 Å². The second kappa shape index (κ2) is 13.2. The molecule has 0 radical (unpaired) electrons. The Bertz CT molecular complexity index is 3090. The van der Waals surface area contributed by atoms with Gasteiger partial charge in [0.15, 0.2) is 17.5 Å². The van der Waals surface area contributed by atoms with Crippen LogP contribution < -0.4 is 0 Å². The van der Waals surface area contributed by atoms with Crippen LogP contribution in [0.25, 0.3) is 95.0 Å². The maximum atomic E-state index is 5.11. The van der Waals surface area contributed by atoms with Crippen molar-refractivity contribution in [2.75, 3.05) is 0 Å². The predicted molar refractivity (Wildman–Crippen MR) is 230 cm³/mol. The van der Waals surface area contributed by atoms with Gasteiger partial charge >= 0.3 is 0 Å². The summed E-state index contributed by atoms with van der Waals surface area (Å²) in [6.07, 6.45) is 0.838. The van der Waals surface area contributed by atoms with Gasteiger partial charge in [-0.3, -0.25) is 0 Å². The number of rotatable bonds is 6. The smallest absolute Gasteiger partial charge is 0.164 e. The van der Waals surface area contributed by atoms with E-state index in [4.69, 9.17) is 15.0 Å². The van der Waals surface area contributed by atoms with Crippen LogP contribution in [0, 0.1) is 0 Å². The maximum absolute atomic E-state index is 5.11. The number of nitrogens with zero attached hydrogens (tertiary/aromatic N) is 4. The predicted octanol–water partition coefficient (Wildman–Crippen LogP) is 12.9. The molecule has 0 saturated heterocycles. The summed E-state index contributed by atoms with van der Waals surface area (Å²) in [6, 6.07) is 68.9. The second-order valence-electron chi connectivity index (χ2n) is 14.5. The third-order valence-electron chi connectivity index (χ3n) is 11.1. The second-order valence-corrected chi connectivity index (χ2v) is 14.5. The van der Waals surface area contributed by atoms with Crippen LogP contribution >= 0.6 is 0 Å². The molecular weight excluding hydrogens is 681 g/mol. The van der Waals surface area contributed by atoms with Crippen LogP contribution in [0.3, 0.4) is 0 Å². The van der Waals surface area contributed by atoms with Gasteiger partial charge in [-0.15, -0.1) is 0 Å². The van der Waals surface area contributed by atoms with Gasteiger partial charge in [0.1, 0.15) is 0 Å². The molecule has 0 aliphatic heterocycles. The Morgan fingerprint density at radius 2 is 0.821 bits per heavy atom. The van der Waals surface area contributed by atoms with E-state index < -0.39 is 0 Å². The molecule has 2 heterocycles. The standard InChI is InChI=1S/C52H34N4/c1-4-13-34(14-5-1)37-19-12-20-39(29-37)51-53-50(36-17-8-3-9-18-36)54-52(55-51)40-23-26-44-41(30-40)31-42-32-43(25-27-45(42)44)56-48-22-11-10-21-46(48)47-33-38(24-28-49(47)56)35-15-6-2-7-16-35/h1-30,32-33H,31H2. The minimum atomic E-state index is 0.655. The molecular formula is C52H34N4. The largest absolute Gasteiger partial charge is 0.309 e. The highest BCUT2D eigenvalue weighted by molar-refractivity contribution is 6.10. The first-order valence-electron chi connectivity index (χ1n) is 19.1. The Balaban J connectivity index is 0.976. The lowest BCUT2D eigenvalue weighted by Crippen LogP contribution is -2.00. The van der Waals surface area contributed by atoms with Crippen molar-refractivity contribution >= 4 is 21.8 Å². The maximum Gasteiger partial charge on any atom is 0.164 e. The molecule has 0 atom stereocenters. The number of fused-ring (bicyclic) bond motifs is 6. The molecule has 0 N–H and O–H groups in total. The highest BCUT2D eigenvalue weighted by atomic mass is 15.0. The summed E-state index contributed by atoms with van der Waals surface area (Å²) in [4.78, 5) is 15.2. The molecule has 262 valence electrons. The number of aromatic nitrogens is 4. The van der Waals surface area contributed by atoms with Crippen molar-refractivity contribution in [3.63, 3.8) is 0 Å². The minimum absolute atomic E-state index is 0.655. The van der Waals surface area contributed by atoms with E-state index in [-0.39, 0.29) is 0 Å². The summed E-state index contributed by atoms with van der Waals surface area (Å²) < 4.78 is 2.42. The normalized spacial score (nSPS) is 11.9. The summed E-state index contributed by atoms with van der Waals surface area (Å²) >= 11 is 0. The lowest BCUT2D eigenvalue weighted by molar-refractivity contribution is 1.07. The molecule has 0 saturated carbocycles. The minimum Gasteiger partial charge on any atom is -0.309 e. The van der Waals surface area contributed by atoms with Crippen molar-refractivity contribution in [1.82, 2.24) is 19.5 Å². The molecule has 1 aliphatic rings. The molecule has 4 nitrogen and oxygen atoms in total. The van der Waals surface area contributed by atoms with E-state index in [9.17, 15) is 0 Å². The highest BCUT2D eigenvalue weighted by Crippen LogP contribution is 2.41. The van der Waals surface area contributed by atoms with Crippen LogP contribution in [-0.4, -0.2) is 19.5 Å². The fraction of sp³-hybridized carbons (Fsp3) is 0.0192. The Morgan fingerprint density at radius 3 is 1.54 bits per heavy atom. The topological polar surface area (TPSA) is 43.6 Å². The molecule has 4 heteroatoms. The zero-order valence-electron chi connectivity index (χ0n) is 30.5. The van der Waals surface area contributed by atoms with Gasteiger partial charge in [-0.1, -0.05) is 152 Å². The van der Waals surface area contributed by atoms with Crippen molar-refractivity contribution in [2.45, 2.75) is 6.42 Å². The molecule has 56 heavy (non-hydrogen) atoms. The van der Waals surface area contributed by atoms with Gasteiger partial charge in [0, 0.05) is 33.2 Å². The summed E-state index contributed by atoms with van der Waals surface area (Å²) in [5.74, 6) is 1.98. The lowest BCUT2D eigenvalue weighted by Gasteiger charge is -2.11. The third kappa shape index (κ3) is 5.50. The van der Waals surface area contributed by atoms with Crippen LogP contribution in [0.1, 0.15) is 11.1 Å². The number of benzene rings is 8. The van der Waals surface area contributed by atoms with E-state index in [1.165, 1.54) is 60.9 Å². The van der Waals surface area contributed by atoms with Crippen molar-refractivity contribution < 1.29 is 0 Å². The molecule has 0 spiro atoms.